The zero-order valence-electron chi connectivity index (χ0n) is 11.7. The molecule has 2 unspecified atom stereocenters. The fraction of sp³-hybridized carbons (Fsp3) is 0.375. The minimum atomic E-state index is -3.10. The molecule has 0 aliphatic carbocycles. The van der Waals surface area contributed by atoms with Gasteiger partial charge >= 0.3 is 0 Å². The Kier molecular flexibility index (Phi) is 3.51. The summed E-state index contributed by atoms with van der Waals surface area (Å²) < 4.78 is 23.6. The van der Waals surface area contributed by atoms with E-state index in [9.17, 15) is 13.5 Å². The maximum atomic E-state index is 11.8. The van der Waals surface area contributed by atoms with E-state index in [1.54, 1.807) is 0 Å². The van der Waals surface area contributed by atoms with Gasteiger partial charge in [-0.05, 0) is 28.8 Å². The van der Waals surface area contributed by atoms with Gasteiger partial charge in [0.2, 0.25) is 0 Å². The Balaban J connectivity index is 2.01. The second-order valence-corrected chi connectivity index (χ2v) is 8.10. The Hall–Kier alpha value is -1.43. The molecule has 0 aromatic heterocycles. The molecule has 5 heteroatoms. The van der Waals surface area contributed by atoms with Gasteiger partial charge in [0.25, 0.3) is 0 Å². The zero-order chi connectivity index (χ0) is 15.1. The summed E-state index contributed by atoms with van der Waals surface area (Å²) in [5.41, 5.74) is 5.79. The van der Waals surface area contributed by atoms with E-state index >= 15 is 0 Å². The Morgan fingerprint density at radius 3 is 2.52 bits per heavy atom. The second-order valence-electron chi connectivity index (χ2n) is 5.92. The van der Waals surface area contributed by atoms with Crippen LogP contribution >= 0.6 is 0 Å². The zero-order valence-corrected chi connectivity index (χ0v) is 12.5. The third-order valence-corrected chi connectivity index (χ3v) is 6.34. The molecular formula is C16H19NO3S. The minimum absolute atomic E-state index is 0.0372. The highest BCUT2D eigenvalue weighted by Gasteiger charge is 2.46. The second kappa shape index (κ2) is 5.09. The molecule has 3 rings (SSSR count). The molecule has 0 amide bonds. The van der Waals surface area contributed by atoms with Gasteiger partial charge in [0.1, 0.15) is 0 Å². The molecule has 0 radical (unpaired) electrons. The summed E-state index contributed by atoms with van der Waals surface area (Å²) in [5, 5.41) is 12.8. The van der Waals surface area contributed by atoms with Gasteiger partial charge in [-0.2, -0.15) is 0 Å². The van der Waals surface area contributed by atoms with Crippen LogP contribution in [0.1, 0.15) is 18.1 Å². The van der Waals surface area contributed by atoms with E-state index < -0.39 is 21.4 Å². The van der Waals surface area contributed by atoms with Crippen molar-refractivity contribution in [3.05, 3.63) is 48.0 Å². The van der Waals surface area contributed by atoms with Crippen molar-refractivity contribution in [3.63, 3.8) is 0 Å². The van der Waals surface area contributed by atoms with Crippen molar-refractivity contribution >= 4 is 20.6 Å². The van der Waals surface area contributed by atoms with Gasteiger partial charge < -0.3 is 10.8 Å². The molecule has 3 N–H and O–H groups in total. The highest BCUT2D eigenvalue weighted by atomic mass is 32.2. The van der Waals surface area contributed by atoms with Gasteiger partial charge in [-0.15, -0.1) is 0 Å². The van der Waals surface area contributed by atoms with E-state index in [1.165, 1.54) is 0 Å². The number of benzene rings is 2. The van der Waals surface area contributed by atoms with Gasteiger partial charge in [-0.3, -0.25) is 0 Å². The highest BCUT2D eigenvalue weighted by molar-refractivity contribution is 7.91. The van der Waals surface area contributed by atoms with Crippen molar-refractivity contribution in [2.45, 2.75) is 12.5 Å². The average Bonchev–Trinajstić information content (AvgIpc) is 2.82. The van der Waals surface area contributed by atoms with Crippen LogP contribution in [0.2, 0.25) is 0 Å². The van der Waals surface area contributed by atoms with Crippen LogP contribution in [-0.4, -0.2) is 31.6 Å². The van der Waals surface area contributed by atoms with Crippen molar-refractivity contribution in [2.75, 3.05) is 18.1 Å². The molecule has 1 saturated heterocycles. The molecule has 1 aliphatic heterocycles. The standard InChI is InChI=1S/C16H19NO3S/c17-10-16(7-8-21(19,20)11-16)15(18)14-6-5-12-3-1-2-4-13(12)9-14/h1-6,9,15,18H,7-8,10-11,17H2. The minimum Gasteiger partial charge on any atom is -0.388 e. The molecule has 0 saturated carbocycles. The molecule has 2 aromatic carbocycles. The predicted octanol–water partition coefficient (Wildman–Crippen LogP) is 1.64. The molecule has 1 heterocycles. The lowest BCUT2D eigenvalue weighted by atomic mass is 9.78. The van der Waals surface area contributed by atoms with E-state index in [0.29, 0.717) is 6.42 Å². The maximum Gasteiger partial charge on any atom is 0.151 e. The molecule has 0 spiro atoms. The number of sulfone groups is 1. The Morgan fingerprint density at radius 1 is 1.19 bits per heavy atom. The largest absolute Gasteiger partial charge is 0.388 e. The topological polar surface area (TPSA) is 80.4 Å². The monoisotopic (exact) mass is 305 g/mol. The summed E-state index contributed by atoms with van der Waals surface area (Å²) in [6.45, 7) is 0.167. The Morgan fingerprint density at radius 2 is 1.90 bits per heavy atom. The van der Waals surface area contributed by atoms with Crippen LogP contribution in [-0.2, 0) is 9.84 Å². The summed E-state index contributed by atoms with van der Waals surface area (Å²) in [7, 11) is -3.10. The van der Waals surface area contributed by atoms with Gasteiger partial charge in [0, 0.05) is 12.0 Å². The lowest BCUT2D eigenvalue weighted by Gasteiger charge is -2.32. The van der Waals surface area contributed by atoms with E-state index in [0.717, 1.165) is 16.3 Å². The van der Waals surface area contributed by atoms with Crippen molar-refractivity contribution in [2.24, 2.45) is 11.1 Å². The molecule has 2 aromatic rings. The van der Waals surface area contributed by atoms with Crippen LogP contribution in [0, 0.1) is 5.41 Å². The van der Waals surface area contributed by atoms with Gasteiger partial charge in [-0.25, -0.2) is 8.42 Å². The summed E-state index contributed by atoms with van der Waals surface area (Å²) in [6.07, 6.45) is -0.441. The van der Waals surface area contributed by atoms with Crippen LogP contribution in [0.25, 0.3) is 10.8 Å². The third-order valence-electron chi connectivity index (χ3n) is 4.49. The quantitative estimate of drug-likeness (QED) is 0.903. The molecule has 0 bridgehead atoms. The first-order chi connectivity index (χ1) is 9.96. The van der Waals surface area contributed by atoms with E-state index in [2.05, 4.69) is 0 Å². The van der Waals surface area contributed by atoms with Gasteiger partial charge in [-0.1, -0.05) is 36.4 Å². The van der Waals surface area contributed by atoms with Gasteiger partial charge in [0.15, 0.2) is 9.84 Å². The van der Waals surface area contributed by atoms with Crippen LogP contribution in [0.15, 0.2) is 42.5 Å². The number of aliphatic hydroxyl groups excluding tert-OH is 1. The smallest absolute Gasteiger partial charge is 0.151 e. The first-order valence-electron chi connectivity index (χ1n) is 7.03. The van der Waals surface area contributed by atoms with Crippen LogP contribution in [0.3, 0.4) is 0 Å². The molecule has 1 aliphatic rings. The summed E-state index contributed by atoms with van der Waals surface area (Å²) >= 11 is 0. The number of rotatable bonds is 3. The van der Waals surface area contributed by atoms with Crippen molar-refractivity contribution in [1.82, 2.24) is 0 Å². The summed E-state index contributed by atoms with van der Waals surface area (Å²) in [5.74, 6) is 0.0688. The van der Waals surface area contributed by atoms with Crippen molar-refractivity contribution in [3.8, 4) is 0 Å². The molecule has 21 heavy (non-hydrogen) atoms. The molecule has 2 atom stereocenters. The maximum absolute atomic E-state index is 11.8. The summed E-state index contributed by atoms with van der Waals surface area (Å²) in [4.78, 5) is 0. The fourth-order valence-electron chi connectivity index (χ4n) is 3.16. The highest BCUT2D eigenvalue weighted by Crippen LogP contribution is 2.43. The predicted molar refractivity (Wildman–Crippen MR) is 83.7 cm³/mol. The van der Waals surface area contributed by atoms with Gasteiger partial charge in [0.05, 0.1) is 17.6 Å². The number of hydrogen-bond acceptors (Lipinski definition) is 4. The van der Waals surface area contributed by atoms with E-state index in [-0.39, 0.29) is 18.1 Å². The lowest BCUT2D eigenvalue weighted by Crippen LogP contribution is -2.38. The number of fused-ring (bicyclic) bond motifs is 1. The van der Waals surface area contributed by atoms with Crippen molar-refractivity contribution < 1.29 is 13.5 Å². The first kappa shape index (κ1) is 14.5. The number of hydrogen-bond donors (Lipinski definition) is 2. The van der Waals surface area contributed by atoms with E-state index in [4.69, 9.17) is 5.73 Å². The molecule has 112 valence electrons. The van der Waals surface area contributed by atoms with E-state index in [1.807, 2.05) is 42.5 Å². The average molecular weight is 305 g/mol. The number of aliphatic hydroxyl groups is 1. The fourth-order valence-corrected chi connectivity index (χ4v) is 5.32. The van der Waals surface area contributed by atoms with Crippen LogP contribution in [0.4, 0.5) is 0 Å². The SMILES string of the molecule is NCC1(C(O)c2ccc3ccccc3c2)CCS(=O)(=O)C1. The first-order valence-corrected chi connectivity index (χ1v) is 8.85. The molecular weight excluding hydrogens is 286 g/mol. The number of nitrogens with two attached hydrogens (primary N) is 1. The van der Waals surface area contributed by atoms with Crippen LogP contribution < -0.4 is 5.73 Å². The summed E-state index contributed by atoms with van der Waals surface area (Å²) in [6, 6.07) is 13.6. The molecule has 4 nitrogen and oxygen atoms in total. The third kappa shape index (κ3) is 2.57. The molecule has 1 fully saturated rings. The van der Waals surface area contributed by atoms with Crippen LogP contribution in [0.5, 0.6) is 0 Å². The normalized spacial score (nSPS) is 26.0. The Labute approximate surface area is 124 Å². The lowest BCUT2D eigenvalue weighted by molar-refractivity contribution is 0.0473. The Bertz CT molecular complexity index is 772. The van der Waals surface area contributed by atoms with Crippen molar-refractivity contribution in [1.29, 1.82) is 0 Å².